The molecule has 1 aliphatic rings. The number of esters is 1. The van der Waals surface area contributed by atoms with E-state index in [0.717, 1.165) is 20.3 Å². The van der Waals surface area contributed by atoms with E-state index in [2.05, 4.69) is 46.4 Å². The van der Waals surface area contributed by atoms with Gasteiger partial charge in [0.15, 0.2) is 5.13 Å². The Morgan fingerprint density at radius 2 is 1.92 bits per heavy atom. The molecular formula is C24H29BrN6O4S. The molecule has 1 aliphatic heterocycles. The Kier molecular flexibility index (Phi) is 7.94. The number of aromatic nitrogens is 3. The Bertz CT molecular complexity index is 1260. The molecule has 1 aromatic carbocycles. The molecule has 0 atom stereocenters. The number of carbonyl (C=O) groups excluding carboxylic acids is 2. The second kappa shape index (κ2) is 11.0. The third-order valence-electron chi connectivity index (χ3n) is 6.21. The lowest BCUT2D eigenvalue weighted by Crippen LogP contribution is -2.44. The first-order valence-electron chi connectivity index (χ1n) is 11.8. The van der Waals surface area contributed by atoms with Crippen LogP contribution < -0.4 is 20.3 Å². The van der Waals surface area contributed by atoms with Gasteiger partial charge in [-0.1, -0.05) is 11.3 Å². The van der Waals surface area contributed by atoms with Crippen molar-refractivity contribution in [2.24, 2.45) is 5.41 Å². The van der Waals surface area contributed by atoms with Crippen LogP contribution in [0.25, 0.3) is 21.3 Å². The number of methoxy groups -OCH3 is 1. The summed E-state index contributed by atoms with van der Waals surface area (Å²) < 4.78 is 12.6. The summed E-state index contributed by atoms with van der Waals surface area (Å²) in [6.45, 7) is 7.91. The maximum absolute atomic E-state index is 12.3. The van der Waals surface area contributed by atoms with Crippen LogP contribution in [0.3, 0.4) is 0 Å². The van der Waals surface area contributed by atoms with Gasteiger partial charge in [0, 0.05) is 43.2 Å². The van der Waals surface area contributed by atoms with Gasteiger partial charge in [0.25, 0.3) is 0 Å². The van der Waals surface area contributed by atoms with Crippen molar-refractivity contribution in [3.63, 3.8) is 0 Å². The van der Waals surface area contributed by atoms with Crippen molar-refractivity contribution in [3.8, 4) is 16.9 Å². The highest BCUT2D eigenvalue weighted by atomic mass is 79.9. The summed E-state index contributed by atoms with van der Waals surface area (Å²) in [6, 6.07) is 1.60. The second-order valence-electron chi connectivity index (χ2n) is 8.66. The summed E-state index contributed by atoms with van der Waals surface area (Å²) in [4.78, 5) is 40.1. The molecule has 4 rings (SSSR count). The molecule has 0 bridgehead atoms. The van der Waals surface area contributed by atoms with E-state index in [9.17, 15) is 9.59 Å². The SMILES string of the molecule is CCNC(=O)Nc1nc2cc(-c3cnc(N4CCC(C)(C(=O)OCC)CC4)nc3)c(OC)c(Br)c2s1. The Balaban J connectivity index is 1.56. The molecule has 0 saturated carbocycles. The summed E-state index contributed by atoms with van der Waals surface area (Å²) in [7, 11) is 1.60. The van der Waals surface area contributed by atoms with Crippen molar-refractivity contribution in [1.82, 2.24) is 20.3 Å². The summed E-state index contributed by atoms with van der Waals surface area (Å²) >= 11 is 5.00. The number of carbonyl (C=O) groups is 2. The molecule has 0 radical (unpaired) electrons. The highest BCUT2D eigenvalue weighted by Crippen LogP contribution is 2.44. The number of halogens is 1. The fourth-order valence-electron chi connectivity index (χ4n) is 4.11. The van der Waals surface area contributed by atoms with Gasteiger partial charge >= 0.3 is 12.0 Å². The molecule has 3 heterocycles. The predicted molar refractivity (Wildman–Crippen MR) is 144 cm³/mol. The molecule has 1 fully saturated rings. The van der Waals surface area contributed by atoms with Gasteiger partial charge < -0.3 is 19.7 Å². The van der Waals surface area contributed by atoms with Crippen molar-refractivity contribution in [2.75, 3.05) is 43.6 Å². The van der Waals surface area contributed by atoms with Crippen LogP contribution >= 0.6 is 27.3 Å². The smallest absolute Gasteiger partial charge is 0.321 e. The monoisotopic (exact) mass is 576 g/mol. The van der Waals surface area contributed by atoms with Crippen molar-refractivity contribution in [3.05, 3.63) is 22.9 Å². The lowest BCUT2D eigenvalue weighted by molar-refractivity contribution is -0.155. The van der Waals surface area contributed by atoms with Crippen LogP contribution in [0.5, 0.6) is 5.75 Å². The molecule has 36 heavy (non-hydrogen) atoms. The topological polar surface area (TPSA) is 119 Å². The second-order valence-corrected chi connectivity index (χ2v) is 10.5. The van der Waals surface area contributed by atoms with E-state index in [1.165, 1.54) is 11.3 Å². The maximum Gasteiger partial charge on any atom is 0.321 e. The van der Waals surface area contributed by atoms with E-state index in [0.29, 0.717) is 61.4 Å². The molecule has 1 saturated heterocycles. The summed E-state index contributed by atoms with van der Waals surface area (Å²) in [5.74, 6) is 1.11. The van der Waals surface area contributed by atoms with Crippen LogP contribution in [-0.2, 0) is 9.53 Å². The van der Waals surface area contributed by atoms with Gasteiger partial charge in [0.05, 0.1) is 33.8 Å². The van der Waals surface area contributed by atoms with E-state index in [1.54, 1.807) is 19.5 Å². The van der Waals surface area contributed by atoms with Gasteiger partial charge in [0.1, 0.15) is 5.75 Å². The molecule has 2 aromatic heterocycles. The van der Waals surface area contributed by atoms with Crippen LogP contribution in [0.1, 0.15) is 33.6 Å². The van der Waals surface area contributed by atoms with Crippen molar-refractivity contribution in [1.29, 1.82) is 0 Å². The molecule has 192 valence electrons. The van der Waals surface area contributed by atoms with E-state index in [4.69, 9.17) is 9.47 Å². The van der Waals surface area contributed by atoms with Crippen LogP contribution in [0, 0.1) is 5.41 Å². The van der Waals surface area contributed by atoms with Crippen LogP contribution in [0.4, 0.5) is 15.9 Å². The number of rotatable bonds is 7. The number of fused-ring (bicyclic) bond motifs is 1. The van der Waals surface area contributed by atoms with E-state index < -0.39 is 5.41 Å². The maximum atomic E-state index is 12.3. The fourth-order valence-corrected chi connectivity index (χ4v) is 5.81. The first kappa shape index (κ1) is 26.1. The lowest BCUT2D eigenvalue weighted by Gasteiger charge is -2.37. The first-order valence-corrected chi connectivity index (χ1v) is 13.4. The molecule has 2 amide bonds. The number of piperidine rings is 1. The van der Waals surface area contributed by atoms with Crippen molar-refractivity contribution < 1.29 is 19.1 Å². The highest BCUT2D eigenvalue weighted by molar-refractivity contribution is 9.10. The number of thiazole rings is 1. The number of anilines is 2. The Hall–Kier alpha value is -2.99. The Morgan fingerprint density at radius 3 is 2.53 bits per heavy atom. The number of hydrogen-bond donors (Lipinski definition) is 2. The van der Waals surface area contributed by atoms with Gasteiger partial charge in [-0.3, -0.25) is 10.1 Å². The minimum absolute atomic E-state index is 0.139. The number of amides is 2. The zero-order valence-corrected chi connectivity index (χ0v) is 23.1. The van der Waals surface area contributed by atoms with E-state index in [-0.39, 0.29) is 12.0 Å². The fraction of sp³-hybridized carbons (Fsp3) is 0.458. The third-order valence-corrected chi connectivity index (χ3v) is 8.23. The molecular weight excluding hydrogens is 548 g/mol. The largest absolute Gasteiger partial charge is 0.495 e. The molecule has 2 N–H and O–H groups in total. The number of hydrogen-bond acceptors (Lipinski definition) is 9. The number of nitrogens with one attached hydrogen (secondary N) is 2. The van der Waals surface area contributed by atoms with Crippen LogP contribution in [-0.4, -0.2) is 60.3 Å². The quantitative estimate of drug-likeness (QED) is 0.384. The van der Waals surface area contributed by atoms with Gasteiger partial charge in [-0.15, -0.1) is 0 Å². The van der Waals surface area contributed by atoms with Crippen molar-refractivity contribution >= 4 is 60.6 Å². The first-order chi connectivity index (χ1) is 17.3. The zero-order valence-electron chi connectivity index (χ0n) is 20.7. The average Bonchev–Trinajstić information content (AvgIpc) is 3.27. The Morgan fingerprint density at radius 1 is 1.22 bits per heavy atom. The number of ether oxygens (including phenoxy) is 2. The van der Waals surface area contributed by atoms with Crippen LogP contribution in [0.2, 0.25) is 0 Å². The molecule has 12 heteroatoms. The number of nitrogens with zero attached hydrogens (tertiary/aromatic N) is 4. The third kappa shape index (κ3) is 5.24. The van der Waals surface area contributed by atoms with E-state index in [1.807, 2.05) is 26.8 Å². The molecule has 0 unspecified atom stereocenters. The molecule has 0 aliphatic carbocycles. The van der Waals surface area contributed by atoms with Gasteiger partial charge in [-0.05, 0) is 55.6 Å². The minimum Gasteiger partial charge on any atom is -0.495 e. The number of benzene rings is 1. The number of urea groups is 1. The lowest BCUT2D eigenvalue weighted by atomic mass is 9.80. The Labute approximate surface area is 221 Å². The standard InChI is InChI=1S/C24H29BrN6O4S/c1-5-26-22(33)30-23-29-16-11-15(18(34-4)17(25)19(16)36-23)14-12-27-21(28-13-14)31-9-7-24(3,8-10-31)20(32)35-6-2/h11-13H,5-10H2,1-4H3,(H2,26,29,30,33). The predicted octanol–water partition coefficient (Wildman–Crippen LogP) is 4.84. The normalized spacial score (nSPS) is 15.0. The average molecular weight is 578 g/mol. The molecule has 0 spiro atoms. The van der Waals surface area contributed by atoms with Crippen molar-refractivity contribution in [2.45, 2.75) is 33.6 Å². The summed E-state index contributed by atoms with van der Waals surface area (Å²) in [6.07, 6.45) is 4.89. The van der Waals surface area contributed by atoms with Gasteiger partial charge in [-0.25, -0.2) is 19.7 Å². The van der Waals surface area contributed by atoms with Gasteiger partial charge in [-0.2, -0.15) is 0 Å². The van der Waals surface area contributed by atoms with E-state index >= 15 is 0 Å². The zero-order chi connectivity index (χ0) is 25.9. The highest BCUT2D eigenvalue weighted by Gasteiger charge is 2.38. The van der Waals surface area contributed by atoms with Gasteiger partial charge in [0.2, 0.25) is 5.95 Å². The molecule has 3 aromatic rings. The van der Waals surface area contributed by atoms with Crippen LogP contribution in [0.15, 0.2) is 22.9 Å². The minimum atomic E-state index is -0.472. The summed E-state index contributed by atoms with van der Waals surface area (Å²) in [5.41, 5.74) is 1.80. The molecule has 10 nitrogen and oxygen atoms in total. The summed E-state index contributed by atoms with van der Waals surface area (Å²) in [5, 5.41) is 5.94.